The first-order valence-corrected chi connectivity index (χ1v) is 9.74. The molecule has 2 heteroatoms. The fraction of sp³-hybridized carbons (Fsp3) is 0.591. The lowest BCUT2D eigenvalue weighted by atomic mass is 9.63. The lowest BCUT2D eigenvalue weighted by Crippen LogP contribution is -2.38. The van der Waals surface area contributed by atoms with E-state index < -0.39 is 0 Å². The molecule has 3 atom stereocenters. The topological polar surface area (TPSA) is 15.6 Å². The molecule has 0 saturated heterocycles. The van der Waals surface area contributed by atoms with E-state index in [1.165, 1.54) is 62.6 Å². The number of hydrogen-bond donors (Lipinski definition) is 0. The summed E-state index contributed by atoms with van der Waals surface area (Å²) in [5, 5.41) is 0. The Labute approximate surface area is 146 Å². The molecule has 4 rings (SSSR count). The predicted octanol–water partition coefficient (Wildman–Crippen LogP) is 5.23. The molecule has 0 aliphatic heterocycles. The smallest absolute Gasteiger partial charge is 0.0596 e. The number of rotatable bonds is 3. The van der Waals surface area contributed by atoms with Crippen LogP contribution >= 0.6 is 0 Å². The highest BCUT2D eigenvalue weighted by Gasteiger charge is 2.40. The standard InChI is InChI=1S/C22H30N2/c1-24(2)19-12-10-16(11-13-19)15-23-22-18-7-5-9-21(22)20-8-4-3-6-17(20)14-18/h10-13,15,18,21-22H,3-9,14H2,1-2H3/t18-,21+,22-/m0/s1. The van der Waals surface area contributed by atoms with Crippen molar-refractivity contribution in [2.75, 3.05) is 19.0 Å². The third kappa shape index (κ3) is 3.03. The van der Waals surface area contributed by atoms with Gasteiger partial charge in [-0.25, -0.2) is 0 Å². The normalized spacial score (nSPS) is 29.7. The summed E-state index contributed by atoms with van der Waals surface area (Å²) in [7, 11) is 4.17. The van der Waals surface area contributed by atoms with Crippen molar-refractivity contribution in [3.8, 4) is 0 Å². The number of hydrogen-bond acceptors (Lipinski definition) is 2. The second-order valence-corrected chi connectivity index (χ2v) is 8.09. The molecule has 0 amide bonds. The van der Waals surface area contributed by atoms with Crippen LogP contribution in [0, 0.1) is 11.8 Å². The molecule has 0 heterocycles. The van der Waals surface area contributed by atoms with Crippen LogP contribution in [0.5, 0.6) is 0 Å². The average molecular weight is 322 g/mol. The Morgan fingerprint density at radius 1 is 1.00 bits per heavy atom. The summed E-state index contributed by atoms with van der Waals surface area (Å²) >= 11 is 0. The molecule has 2 nitrogen and oxygen atoms in total. The zero-order valence-electron chi connectivity index (χ0n) is 15.2. The summed E-state index contributed by atoms with van der Waals surface area (Å²) in [5.74, 6) is 1.56. The van der Waals surface area contributed by atoms with Crippen molar-refractivity contribution < 1.29 is 0 Å². The van der Waals surface area contributed by atoms with Crippen LogP contribution in [0.3, 0.4) is 0 Å². The minimum absolute atomic E-state index is 0.545. The van der Waals surface area contributed by atoms with E-state index in [0.29, 0.717) is 6.04 Å². The van der Waals surface area contributed by atoms with Crippen LogP contribution in [0.2, 0.25) is 0 Å². The number of anilines is 1. The second-order valence-electron chi connectivity index (χ2n) is 8.09. The Morgan fingerprint density at radius 3 is 2.58 bits per heavy atom. The minimum atomic E-state index is 0.545. The van der Waals surface area contributed by atoms with Crippen molar-refractivity contribution in [3.05, 3.63) is 41.0 Å². The molecule has 3 aliphatic carbocycles. The van der Waals surface area contributed by atoms with Crippen molar-refractivity contribution in [1.82, 2.24) is 0 Å². The van der Waals surface area contributed by atoms with E-state index in [4.69, 9.17) is 4.99 Å². The Balaban J connectivity index is 1.54. The highest BCUT2D eigenvalue weighted by atomic mass is 15.1. The molecule has 0 spiro atoms. The van der Waals surface area contributed by atoms with Gasteiger partial charge in [-0.3, -0.25) is 4.99 Å². The summed E-state index contributed by atoms with van der Waals surface area (Å²) in [4.78, 5) is 7.27. The number of nitrogens with zero attached hydrogens (tertiary/aromatic N) is 2. The number of fused-ring (bicyclic) bond motifs is 3. The predicted molar refractivity (Wildman–Crippen MR) is 103 cm³/mol. The van der Waals surface area contributed by atoms with E-state index in [9.17, 15) is 0 Å². The van der Waals surface area contributed by atoms with E-state index in [1.807, 2.05) is 11.1 Å². The molecule has 1 saturated carbocycles. The van der Waals surface area contributed by atoms with Gasteiger partial charge in [-0.05, 0) is 68.6 Å². The van der Waals surface area contributed by atoms with Gasteiger partial charge < -0.3 is 4.90 Å². The highest BCUT2D eigenvalue weighted by molar-refractivity contribution is 5.80. The summed E-state index contributed by atoms with van der Waals surface area (Å²) in [6.07, 6.45) is 13.2. The third-order valence-corrected chi connectivity index (χ3v) is 6.38. The van der Waals surface area contributed by atoms with Gasteiger partial charge in [0.05, 0.1) is 6.04 Å². The van der Waals surface area contributed by atoms with Gasteiger partial charge in [0.1, 0.15) is 0 Å². The van der Waals surface area contributed by atoms with Crippen LogP contribution in [0.15, 0.2) is 40.4 Å². The fourth-order valence-corrected chi connectivity index (χ4v) is 5.12. The van der Waals surface area contributed by atoms with Gasteiger partial charge in [-0.2, -0.15) is 0 Å². The molecule has 1 aromatic rings. The fourth-order valence-electron chi connectivity index (χ4n) is 5.12. The quantitative estimate of drug-likeness (QED) is 0.549. The van der Waals surface area contributed by atoms with Crippen molar-refractivity contribution in [1.29, 1.82) is 0 Å². The maximum absolute atomic E-state index is 5.13. The number of allylic oxidation sites excluding steroid dienone is 1. The maximum Gasteiger partial charge on any atom is 0.0596 e. The molecule has 0 radical (unpaired) electrons. The molecular formula is C22H30N2. The first kappa shape index (κ1) is 15.9. The van der Waals surface area contributed by atoms with Gasteiger partial charge in [0, 0.05) is 31.9 Å². The average Bonchev–Trinajstić information content (AvgIpc) is 2.60. The Morgan fingerprint density at radius 2 is 1.79 bits per heavy atom. The van der Waals surface area contributed by atoms with Crippen LogP contribution in [-0.4, -0.2) is 26.4 Å². The first-order chi connectivity index (χ1) is 11.7. The first-order valence-electron chi connectivity index (χ1n) is 9.74. The summed E-state index contributed by atoms with van der Waals surface area (Å²) in [6, 6.07) is 9.31. The lowest BCUT2D eigenvalue weighted by Gasteiger charge is -2.44. The zero-order chi connectivity index (χ0) is 16.5. The molecule has 1 fully saturated rings. The van der Waals surface area contributed by atoms with Gasteiger partial charge in [-0.1, -0.05) is 29.7 Å². The molecule has 3 aliphatic rings. The van der Waals surface area contributed by atoms with Crippen LogP contribution in [0.25, 0.3) is 0 Å². The summed E-state index contributed by atoms with van der Waals surface area (Å²) in [6.45, 7) is 0. The lowest BCUT2D eigenvalue weighted by molar-refractivity contribution is 0.215. The second kappa shape index (κ2) is 6.74. The number of benzene rings is 1. The monoisotopic (exact) mass is 322 g/mol. The minimum Gasteiger partial charge on any atom is -0.378 e. The Hall–Kier alpha value is -1.57. The molecule has 0 N–H and O–H groups in total. The summed E-state index contributed by atoms with van der Waals surface area (Å²) in [5.41, 5.74) is 6.14. The van der Waals surface area contributed by atoms with Crippen LogP contribution in [0.4, 0.5) is 5.69 Å². The van der Waals surface area contributed by atoms with Gasteiger partial charge in [0.15, 0.2) is 0 Å². The van der Waals surface area contributed by atoms with Crippen molar-refractivity contribution in [2.45, 2.75) is 57.4 Å². The Bertz CT molecular complexity index is 638. The van der Waals surface area contributed by atoms with E-state index in [2.05, 4.69) is 49.5 Å². The molecular weight excluding hydrogens is 292 g/mol. The molecule has 128 valence electrons. The highest BCUT2D eigenvalue weighted by Crippen LogP contribution is 2.49. The third-order valence-electron chi connectivity index (χ3n) is 6.38. The van der Waals surface area contributed by atoms with Crippen molar-refractivity contribution in [3.63, 3.8) is 0 Å². The van der Waals surface area contributed by atoms with Crippen molar-refractivity contribution in [2.24, 2.45) is 16.8 Å². The van der Waals surface area contributed by atoms with Crippen LogP contribution in [-0.2, 0) is 0 Å². The molecule has 1 aromatic carbocycles. The molecule has 24 heavy (non-hydrogen) atoms. The van der Waals surface area contributed by atoms with Gasteiger partial charge in [0.25, 0.3) is 0 Å². The van der Waals surface area contributed by atoms with Crippen molar-refractivity contribution >= 4 is 11.9 Å². The number of aliphatic imine (C=N–C) groups is 1. The van der Waals surface area contributed by atoms with E-state index >= 15 is 0 Å². The van der Waals surface area contributed by atoms with E-state index in [1.54, 1.807) is 0 Å². The molecule has 2 bridgehead atoms. The van der Waals surface area contributed by atoms with Crippen LogP contribution in [0.1, 0.15) is 56.9 Å². The van der Waals surface area contributed by atoms with Gasteiger partial charge >= 0.3 is 0 Å². The molecule has 0 aromatic heterocycles. The SMILES string of the molecule is CN(C)c1ccc(C=N[C@H]2[C@H]3CCC[C@@H]2C2=C(CCCC2)C3)cc1. The largest absolute Gasteiger partial charge is 0.378 e. The summed E-state index contributed by atoms with van der Waals surface area (Å²) < 4.78 is 0. The van der Waals surface area contributed by atoms with Gasteiger partial charge in [-0.15, -0.1) is 0 Å². The zero-order valence-corrected chi connectivity index (χ0v) is 15.2. The van der Waals surface area contributed by atoms with E-state index in [0.717, 1.165) is 11.8 Å². The van der Waals surface area contributed by atoms with E-state index in [-0.39, 0.29) is 0 Å². The Kier molecular flexibility index (Phi) is 4.47. The van der Waals surface area contributed by atoms with Crippen LogP contribution < -0.4 is 4.90 Å². The molecule has 0 unspecified atom stereocenters. The maximum atomic E-state index is 5.13. The van der Waals surface area contributed by atoms with Gasteiger partial charge in [0.2, 0.25) is 0 Å².